The summed E-state index contributed by atoms with van der Waals surface area (Å²) in [6.45, 7) is 11.4. The van der Waals surface area contributed by atoms with Crippen molar-refractivity contribution in [2.45, 2.75) is 59.3 Å². The second kappa shape index (κ2) is 13.5. The summed E-state index contributed by atoms with van der Waals surface area (Å²) in [4.78, 5) is 50.7. The lowest BCUT2D eigenvalue weighted by molar-refractivity contribution is -0.113. The highest BCUT2D eigenvalue weighted by atomic mass is 32.2. The Balaban J connectivity index is 1.76. The fourth-order valence-corrected chi connectivity index (χ4v) is 5.87. The van der Waals surface area contributed by atoms with E-state index in [-0.39, 0.29) is 52.5 Å². The first-order valence-corrected chi connectivity index (χ1v) is 14.4. The second-order valence-corrected chi connectivity index (χ2v) is 11.0. The quantitative estimate of drug-likeness (QED) is 0.178. The Labute approximate surface area is 235 Å². The van der Waals surface area contributed by atoms with Crippen molar-refractivity contribution in [2.24, 2.45) is 5.92 Å². The van der Waals surface area contributed by atoms with Gasteiger partial charge in [0.25, 0.3) is 5.91 Å². The number of nitrogens with one attached hydrogen (secondary N) is 2. The fraction of sp³-hybridized carbons (Fsp3) is 0.407. The average molecular weight is 572 g/mol. The molecule has 0 saturated carbocycles. The zero-order valence-electron chi connectivity index (χ0n) is 22.9. The van der Waals surface area contributed by atoms with Crippen LogP contribution in [0.15, 0.2) is 35.5 Å². The van der Waals surface area contributed by atoms with E-state index in [9.17, 15) is 19.2 Å². The summed E-state index contributed by atoms with van der Waals surface area (Å²) in [5.74, 6) is -0.726. The lowest BCUT2D eigenvalue weighted by Gasteiger charge is -2.22. The van der Waals surface area contributed by atoms with Crippen LogP contribution in [0.1, 0.15) is 82.4 Å². The molecule has 12 heteroatoms. The number of aromatic nitrogens is 3. The molecule has 39 heavy (non-hydrogen) atoms. The van der Waals surface area contributed by atoms with Gasteiger partial charge in [0.2, 0.25) is 5.91 Å². The fourth-order valence-electron chi connectivity index (χ4n) is 3.96. The molecule has 0 aliphatic carbocycles. The van der Waals surface area contributed by atoms with Crippen molar-refractivity contribution >= 4 is 51.7 Å². The van der Waals surface area contributed by atoms with Gasteiger partial charge in [-0.15, -0.1) is 21.5 Å². The molecule has 0 spiro atoms. The van der Waals surface area contributed by atoms with Gasteiger partial charge >= 0.3 is 5.97 Å². The lowest BCUT2D eigenvalue weighted by Crippen LogP contribution is -2.33. The van der Waals surface area contributed by atoms with Crippen LogP contribution in [-0.4, -0.2) is 50.7 Å². The average Bonchev–Trinajstić information content (AvgIpc) is 3.46. The number of anilines is 1. The Kier molecular flexibility index (Phi) is 10.4. The molecule has 2 heterocycles. The number of benzene rings is 1. The third-order valence-corrected chi connectivity index (χ3v) is 8.14. The Hall–Kier alpha value is -3.51. The van der Waals surface area contributed by atoms with Crippen LogP contribution in [0.25, 0.3) is 0 Å². The van der Waals surface area contributed by atoms with Crippen LogP contribution in [0.3, 0.4) is 0 Å². The summed E-state index contributed by atoms with van der Waals surface area (Å²) in [5.41, 5.74) is 1.23. The summed E-state index contributed by atoms with van der Waals surface area (Å²) >= 11 is 2.25. The number of ether oxygens (including phenoxy) is 1. The number of esters is 1. The van der Waals surface area contributed by atoms with Gasteiger partial charge in [0.1, 0.15) is 5.00 Å². The number of thiophene rings is 1. The standard InChI is InChI=1S/C27H33N5O5S2/c1-7-32-23(21(15(3)4)29-24(35)18-12-10-9-11-13-18)30-31-27(32)38-14-19(34)28-25-20(26(36)37-8-2)16(5)22(39-25)17(6)33/h9-13,15,21H,7-8,14H2,1-6H3,(H,28,34)(H,29,35)/t21-/m1/s1. The third kappa shape index (κ3) is 7.12. The van der Waals surface area contributed by atoms with Gasteiger partial charge in [-0.25, -0.2) is 4.79 Å². The zero-order valence-corrected chi connectivity index (χ0v) is 24.5. The number of carbonyl (C=O) groups excluding carboxylic acids is 4. The molecule has 208 valence electrons. The summed E-state index contributed by atoms with van der Waals surface area (Å²) in [7, 11) is 0. The van der Waals surface area contributed by atoms with Crippen LogP contribution >= 0.6 is 23.1 Å². The minimum Gasteiger partial charge on any atom is -0.462 e. The molecule has 0 aliphatic rings. The summed E-state index contributed by atoms with van der Waals surface area (Å²) in [6.07, 6.45) is 0. The number of carbonyl (C=O) groups is 4. The van der Waals surface area contributed by atoms with E-state index in [2.05, 4.69) is 20.8 Å². The Bertz CT molecular complexity index is 1350. The van der Waals surface area contributed by atoms with E-state index >= 15 is 0 Å². The molecule has 0 fully saturated rings. The van der Waals surface area contributed by atoms with Gasteiger partial charge in [0, 0.05) is 12.1 Å². The van der Waals surface area contributed by atoms with E-state index in [1.54, 1.807) is 26.0 Å². The lowest BCUT2D eigenvalue weighted by atomic mass is 10.0. The topological polar surface area (TPSA) is 132 Å². The van der Waals surface area contributed by atoms with Crippen molar-refractivity contribution in [2.75, 3.05) is 17.7 Å². The molecule has 0 radical (unpaired) electrons. The smallest absolute Gasteiger partial charge is 0.341 e. The first kappa shape index (κ1) is 30.0. The molecule has 2 aromatic heterocycles. The van der Waals surface area contributed by atoms with Crippen molar-refractivity contribution < 1.29 is 23.9 Å². The number of amides is 2. The van der Waals surface area contributed by atoms with E-state index in [1.165, 1.54) is 18.7 Å². The second-order valence-electron chi connectivity index (χ2n) is 9.02. The van der Waals surface area contributed by atoms with E-state index in [4.69, 9.17) is 4.74 Å². The maximum absolute atomic E-state index is 12.9. The van der Waals surface area contributed by atoms with Gasteiger partial charge in [-0.1, -0.05) is 43.8 Å². The predicted molar refractivity (Wildman–Crippen MR) is 152 cm³/mol. The molecule has 2 N–H and O–H groups in total. The van der Waals surface area contributed by atoms with Gasteiger partial charge in [0.15, 0.2) is 16.8 Å². The molecule has 3 rings (SSSR count). The van der Waals surface area contributed by atoms with Gasteiger partial charge in [0.05, 0.1) is 28.8 Å². The Morgan fingerprint density at radius 1 is 1.10 bits per heavy atom. The van der Waals surface area contributed by atoms with Crippen molar-refractivity contribution in [3.05, 3.63) is 57.7 Å². The van der Waals surface area contributed by atoms with Crippen LogP contribution in [-0.2, 0) is 16.1 Å². The maximum atomic E-state index is 12.9. The number of nitrogens with zero attached hydrogens (tertiary/aromatic N) is 3. The van der Waals surface area contributed by atoms with Crippen molar-refractivity contribution in [1.82, 2.24) is 20.1 Å². The molecule has 1 atom stereocenters. The summed E-state index contributed by atoms with van der Waals surface area (Å²) < 4.78 is 7.01. The van der Waals surface area contributed by atoms with Crippen LogP contribution in [0.5, 0.6) is 0 Å². The zero-order chi connectivity index (χ0) is 28.7. The van der Waals surface area contributed by atoms with Crippen molar-refractivity contribution in [3.8, 4) is 0 Å². The molecule has 0 bridgehead atoms. The normalized spacial score (nSPS) is 11.8. The number of rotatable bonds is 12. The number of hydrogen-bond acceptors (Lipinski definition) is 9. The van der Waals surface area contributed by atoms with Crippen molar-refractivity contribution in [3.63, 3.8) is 0 Å². The van der Waals surface area contributed by atoms with Crippen LogP contribution in [0.4, 0.5) is 5.00 Å². The molecular formula is C27H33N5O5S2. The van der Waals surface area contributed by atoms with Gasteiger partial charge in [-0.2, -0.15) is 0 Å². The van der Waals surface area contributed by atoms with Gasteiger partial charge < -0.3 is 19.9 Å². The molecule has 3 aromatic rings. The number of thioether (sulfide) groups is 1. The first-order chi connectivity index (χ1) is 18.6. The predicted octanol–water partition coefficient (Wildman–Crippen LogP) is 4.91. The highest BCUT2D eigenvalue weighted by Crippen LogP contribution is 2.34. The van der Waals surface area contributed by atoms with Crippen molar-refractivity contribution in [1.29, 1.82) is 0 Å². The number of ketones is 1. The Morgan fingerprint density at radius 3 is 2.38 bits per heavy atom. The third-order valence-electron chi connectivity index (χ3n) is 5.86. The minimum atomic E-state index is -0.589. The van der Waals surface area contributed by atoms with Gasteiger partial charge in [-0.05, 0) is 51.3 Å². The molecule has 1 aromatic carbocycles. The monoisotopic (exact) mass is 571 g/mol. The largest absolute Gasteiger partial charge is 0.462 e. The number of Topliss-reactive ketones (excluding diaryl/α,β-unsaturated/α-hetero) is 1. The Morgan fingerprint density at radius 2 is 1.79 bits per heavy atom. The minimum absolute atomic E-state index is 0.00449. The highest BCUT2D eigenvalue weighted by Gasteiger charge is 2.28. The maximum Gasteiger partial charge on any atom is 0.341 e. The molecule has 0 saturated heterocycles. The molecule has 10 nitrogen and oxygen atoms in total. The molecule has 0 aliphatic heterocycles. The highest BCUT2D eigenvalue weighted by molar-refractivity contribution is 7.99. The van der Waals surface area contributed by atoms with Crippen LogP contribution in [0.2, 0.25) is 0 Å². The van der Waals surface area contributed by atoms with Gasteiger partial charge in [-0.3, -0.25) is 14.4 Å². The van der Waals surface area contributed by atoms with E-state index in [1.807, 2.05) is 43.5 Å². The summed E-state index contributed by atoms with van der Waals surface area (Å²) in [6, 6.07) is 8.57. The van der Waals surface area contributed by atoms with E-state index in [0.29, 0.717) is 33.5 Å². The molecular weight excluding hydrogens is 538 g/mol. The van der Waals surface area contributed by atoms with Crippen LogP contribution < -0.4 is 10.6 Å². The SMILES string of the molecule is CCOC(=O)c1c(NC(=O)CSc2nnc([C@H](NC(=O)c3ccccc3)C(C)C)n2CC)sc(C(C)=O)c1C. The molecule has 2 amide bonds. The summed E-state index contributed by atoms with van der Waals surface area (Å²) in [5, 5.41) is 15.3. The van der Waals surface area contributed by atoms with Crippen LogP contribution in [0, 0.1) is 12.8 Å². The first-order valence-electron chi connectivity index (χ1n) is 12.6. The number of hydrogen-bond donors (Lipinski definition) is 2. The van der Waals surface area contributed by atoms with E-state index < -0.39 is 5.97 Å². The van der Waals surface area contributed by atoms with E-state index in [0.717, 1.165) is 11.3 Å². The molecule has 0 unspecified atom stereocenters.